The molecule has 0 spiro atoms. The van der Waals surface area contributed by atoms with Crippen LogP contribution < -0.4 is 5.23 Å². The van der Waals surface area contributed by atoms with Gasteiger partial charge in [0, 0.05) is 5.31 Å². The maximum Gasteiger partial charge on any atom is 0.226 e. The Hall–Kier alpha value is -0.400. The summed E-state index contributed by atoms with van der Waals surface area (Å²) in [5, 5.41) is 1.64. The van der Waals surface area contributed by atoms with Crippen molar-refractivity contribution in [3.63, 3.8) is 0 Å². The van der Waals surface area contributed by atoms with Crippen LogP contribution in [0.3, 0.4) is 0 Å². The summed E-state index contributed by atoms with van der Waals surface area (Å²) in [6.45, 7) is 5.43. The molecule has 1 amide bonds. The first-order valence-corrected chi connectivity index (χ1v) is 2.86. The maximum absolute atomic E-state index is 10.8. The number of carbonyl (C=O) groups excluding carboxylic acids is 1. The Morgan fingerprint density at radius 1 is 1.67 bits per heavy atom. The molecule has 0 aliphatic rings. The van der Waals surface area contributed by atoms with E-state index >= 15 is 0 Å². The van der Waals surface area contributed by atoms with Gasteiger partial charge in [0.2, 0.25) is 13.9 Å². The predicted molar refractivity (Wildman–Crippen MR) is 39.6 cm³/mol. The second kappa shape index (κ2) is 2.95. The van der Waals surface area contributed by atoms with E-state index in [1.54, 1.807) is 21.1 Å². The largest absolute Gasteiger partial charge is 0.409 e. The van der Waals surface area contributed by atoms with Gasteiger partial charge in [-0.15, -0.1) is 0 Å². The highest BCUT2D eigenvalue weighted by Crippen LogP contribution is 2.21. The molecule has 0 aromatic heterocycles. The van der Waals surface area contributed by atoms with Crippen LogP contribution in [0.2, 0.25) is 12.1 Å². The fraction of sp³-hybridized carbons (Fsp3) is 0.800. The van der Waals surface area contributed by atoms with Crippen molar-refractivity contribution in [2.75, 3.05) is 0 Å². The molecule has 2 nitrogen and oxygen atoms in total. The van der Waals surface area contributed by atoms with Crippen LogP contribution in [0.5, 0.6) is 0 Å². The van der Waals surface area contributed by atoms with Crippen LogP contribution in [0.1, 0.15) is 13.8 Å². The Bertz CT molecular complexity index is 114. The van der Waals surface area contributed by atoms with Crippen molar-refractivity contribution in [3.8, 4) is 0 Å². The van der Waals surface area contributed by atoms with Crippen LogP contribution >= 0.6 is 0 Å². The van der Waals surface area contributed by atoms with Gasteiger partial charge in [-0.3, -0.25) is 4.79 Å². The Kier molecular flexibility index (Phi) is 2.82. The quantitative estimate of drug-likeness (QED) is 0.518. The summed E-state index contributed by atoms with van der Waals surface area (Å²) in [4.78, 5) is 10.8. The molecular weight excluding hydrogens is 112 g/mol. The van der Waals surface area contributed by atoms with E-state index in [0.717, 1.165) is 0 Å². The summed E-state index contributed by atoms with van der Waals surface area (Å²) in [6, 6.07) is 0. The monoisotopic (exact) mass is 122 g/mol. The lowest BCUT2D eigenvalue weighted by Gasteiger charge is -2.19. The Morgan fingerprint density at radius 2 is 2.11 bits per heavy atom. The molecule has 0 bridgehead atoms. The normalized spacial score (nSPS) is 10.6. The predicted octanol–water partition coefficient (Wildman–Crippen LogP) is 0.137. The zero-order chi connectivity index (χ0) is 7.49. The third kappa shape index (κ3) is 2.12. The van der Waals surface area contributed by atoms with Gasteiger partial charge >= 0.3 is 0 Å². The molecule has 0 aliphatic heterocycles. The lowest BCUT2D eigenvalue weighted by molar-refractivity contribution is -0.121. The Labute approximate surface area is 58.1 Å². The van der Waals surface area contributed by atoms with Crippen LogP contribution in [-0.2, 0) is 4.79 Å². The van der Waals surface area contributed by atoms with E-state index in [1.807, 2.05) is 6.82 Å². The average Bonchev–Trinajstić information content (AvgIpc) is 1.86. The zero-order valence-electron chi connectivity index (χ0n) is 6.06. The molecule has 0 aromatic carbocycles. The van der Waals surface area contributed by atoms with Crippen molar-refractivity contribution in [3.05, 3.63) is 0 Å². The molecule has 0 unspecified atom stereocenters. The molecule has 0 aromatic rings. The highest BCUT2D eigenvalue weighted by atomic mass is 16.1. The van der Waals surface area contributed by atoms with Crippen molar-refractivity contribution in [1.82, 2.24) is 5.23 Å². The van der Waals surface area contributed by atoms with E-state index in [2.05, 4.69) is 5.23 Å². The molecule has 0 atom stereocenters. The van der Waals surface area contributed by atoms with Crippen LogP contribution in [0.15, 0.2) is 0 Å². The van der Waals surface area contributed by atoms with Gasteiger partial charge in [0.15, 0.2) is 0 Å². The first kappa shape index (κ1) is 8.60. The highest BCUT2D eigenvalue weighted by molar-refractivity contribution is 6.46. The minimum Gasteiger partial charge on any atom is -0.409 e. The fourth-order valence-corrected chi connectivity index (χ4v) is 0.317. The van der Waals surface area contributed by atoms with Crippen LogP contribution in [0.4, 0.5) is 0 Å². The smallest absolute Gasteiger partial charge is 0.226 e. The van der Waals surface area contributed by atoms with E-state index in [4.69, 9.17) is 7.98 Å². The molecule has 0 saturated carbocycles. The van der Waals surface area contributed by atoms with Gasteiger partial charge in [-0.1, -0.05) is 20.7 Å². The summed E-state index contributed by atoms with van der Waals surface area (Å²) in [6.07, 6.45) is 0. The Morgan fingerprint density at radius 3 is 2.22 bits per heavy atom. The third-order valence-corrected chi connectivity index (χ3v) is 1.44. The summed E-state index contributed by atoms with van der Waals surface area (Å²) < 4.78 is 0. The second-order valence-electron chi connectivity index (χ2n) is 2.48. The van der Waals surface area contributed by atoms with Crippen molar-refractivity contribution >= 4 is 21.2 Å². The van der Waals surface area contributed by atoms with Gasteiger partial charge in [0.05, 0.1) is 0 Å². The molecule has 3 radical (unpaired) electrons. The van der Waals surface area contributed by atoms with Crippen LogP contribution in [-0.4, -0.2) is 21.2 Å². The summed E-state index contributed by atoms with van der Waals surface area (Å²) in [7, 11) is 6.71. The van der Waals surface area contributed by atoms with Gasteiger partial charge in [-0.05, 0) is 0 Å². The lowest BCUT2D eigenvalue weighted by atomic mass is 9.55. The summed E-state index contributed by atoms with van der Waals surface area (Å²) >= 11 is 0. The molecule has 0 fully saturated rings. The Balaban J connectivity index is 3.97. The first-order chi connectivity index (χ1) is 4.04. The highest BCUT2D eigenvalue weighted by Gasteiger charge is 2.23. The van der Waals surface area contributed by atoms with E-state index in [1.165, 1.54) is 0 Å². The summed E-state index contributed by atoms with van der Waals surface area (Å²) in [5.74, 6) is -0.162. The topological polar surface area (TPSA) is 29.1 Å². The summed E-state index contributed by atoms with van der Waals surface area (Å²) in [5.41, 5.74) is 0. The van der Waals surface area contributed by atoms with Gasteiger partial charge in [0.1, 0.15) is 7.28 Å². The van der Waals surface area contributed by atoms with E-state index in [0.29, 0.717) is 0 Å². The number of amides is 1. The molecule has 0 aliphatic carbocycles. The van der Waals surface area contributed by atoms with Crippen molar-refractivity contribution < 1.29 is 4.79 Å². The van der Waals surface area contributed by atoms with Crippen molar-refractivity contribution in [1.29, 1.82) is 0 Å². The molecule has 47 valence electrons. The van der Waals surface area contributed by atoms with Crippen LogP contribution in [0, 0.1) is 0 Å². The average molecular weight is 122 g/mol. The molecule has 9 heavy (non-hydrogen) atoms. The number of carbonyl (C=O) groups is 1. The third-order valence-electron chi connectivity index (χ3n) is 1.44. The SMILES string of the molecule is [B]NC(=O)C(C)(C)[B]C. The molecular formula is C5H10B2NO. The van der Waals surface area contributed by atoms with E-state index < -0.39 is 5.31 Å². The second-order valence-corrected chi connectivity index (χ2v) is 2.48. The van der Waals surface area contributed by atoms with Crippen molar-refractivity contribution in [2.45, 2.75) is 26.0 Å². The maximum atomic E-state index is 10.8. The first-order valence-electron chi connectivity index (χ1n) is 2.86. The zero-order valence-corrected chi connectivity index (χ0v) is 6.06. The fourth-order valence-electron chi connectivity index (χ4n) is 0.317. The van der Waals surface area contributed by atoms with Gasteiger partial charge < -0.3 is 5.23 Å². The molecule has 0 saturated heterocycles. The molecule has 1 N–H and O–H groups in total. The van der Waals surface area contributed by atoms with Gasteiger partial charge in [-0.25, -0.2) is 0 Å². The standard InChI is InChI=1S/C5H10B2NO/c1-5(2,7-3)4(9)8-6/h1-3H3,(H,8,9). The lowest BCUT2D eigenvalue weighted by Crippen LogP contribution is -2.33. The minimum atomic E-state index is -0.450. The molecule has 0 heterocycles. The molecule has 4 heteroatoms. The number of hydrogen-bond donors (Lipinski definition) is 1. The minimum absolute atomic E-state index is 0.162. The number of nitrogens with one attached hydrogen (secondary N) is 1. The van der Waals surface area contributed by atoms with E-state index in [9.17, 15) is 4.79 Å². The van der Waals surface area contributed by atoms with Crippen molar-refractivity contribution in [2.24, 2.45) is 0 Å². The molecule has 0 rings (SSSR count). The van der Waals surface area contributed by atoms with Gasteiger partial charge in [0.25, 0.3) is 0 Å². The van der Waals surface area contributed by atoms with E-state index in [-0.39, 0.29) is 5.91 Å². The van der Waals surface area contributed by atoms with Gasteiger partial charge in [-0.2, -0.15) is 0 Å². The number of rotatable bonds is 2. The number of hydrogen-bond acceptors (Lipinski definition) is 1. The van der Waals surface area contributed by atoms with Crippen LogP contribution in [0.25, 0.3) is 0 Å².